The average molecular weight is 503 g/mol. The van der Waals surface area contributed by atoms with E-state index in [4.69, 9.17) is 9.47 Å². The van der Waals surface area contributed by atoms with E-state index in [2.05, 4.69) is 20.6 Å². The third-order valence-corrected chi connectivity index (χ3v) is 6.50. The van der Waals surface area contributed by atoms with Gasteiger partial charge in [0.05, 0.1) is 25.4 Å². The summed E-state index contributed by atoms with van der Waals surface area (Å²) in [6.45, 7) is 3.75. The highest BCUT2D eigenvalue weighted by Gasteiger charge is 2.41. The van der Waals surface area contributed by atoms with E-state index in [-0.39, 0.29) is 24.9 Å². The zero-order chi connectivity index (χ0) is 26.4. The van der Waals surface area contributed by atoms with Crippen molar-refractivity contribution in [3.8, 4) is 11.5 Å². The first-order valence-electron chi connectivity index (χ1n) is 11.9. The number of benzene rings is 2. The van der Waals surface area contributed by atoms with Crippen molar-refractivity contribution in [2.24, 2.45) is 0 Å². The Labute approximate surface area is 215 Å². The molecule has 2 heterocycles. The molecule has 0 fully saturated rings. The Bertz CT molecular complexity index is 1390. The van der Waals surface area contributed by atoms with Crippen molar-refractivity contribution in [3.05, 3.63) is 72.6 Å². The fourth-order valence-corrected chi connectivity index (χ4v) is 4.09. The minimum atomic E-state index is -1.20. The van der Waals surface area contributed by atoms with E-state index in [9.17, 15) is 9.59 Å². The molecule has 4 rings (SSSR count). The predicted molar refractivity (Wildman–Crippen MR) is 139 cm³/mol. The summed E-state index contributed by atoms with van der Waals surface area (Å²) in [5.41, 5.74) is 1.51. The molecule has 1 atom stereocenters. The van der Waals surface area contributed by atoms with Crippen molar-refractivity contribution in [3.63, 3.8) is 0 Å². The zero-order valence-corrected chi connectivity index (χ0v) is 21.3. The second-order valence-corrected chi connectivity index (χ2v) is 8.72. The lowest BCUT2D eigenvalue weighted by atomic mass is 9.93. The van der Waals surface area contributed by atoms with Crippen LogP contribution >= 0.6 is 0 Å². The first kappa shape index (κ1) is 25.6. The lowest BCUT2D eigenvalue weighted by Gasteiger charge is -2.39. The number of amides is 2. The number of anilines is 1. The van der Waals surface area contributed by atoms with Crippen molar-refractivity contribution in [1.29, 1.82) is 0 Å². The number of carbonyl (C=O) groups excluding carboxylic acids is 2. The van der Waals surface area contributed by atoms with Crippen molar-refractivity contribution in [1.82, 2.24) is 24.9 Å². The molecule has 0 bridgehead atoms. The third-order valence-electron chi connectivity index (χ3n) is 6.50. The number of rotatable bonds is 10. The molecule has 0 radical (unpaired) electrons. The molecule has 4 aromatic rings. The topological polar surface area (TPSA) is 111 Å². The summed E-state index contributed by atoms with van der Waals surface area (Å²) in [4.78, 5) is 33.4. The summed E-state index contributed by atoms with van der Waals surface area (Å²) in [6, 6.07) is 16.2. The largest absolute Gasteiger partial charge is 0.497 e. The van der Waals surface area contributed by atoms with Crippen molar-refractivity contribution in [2.75, 3.05) is 19.5 Å². The highest BCUT2D eigenvalue weighted by Crippen LogP contribution is 2.32. The number of hydrogen-bond donors (Lipinski definition) is 1. The highest BCUT2D eigenvalue weighted by atomic mass is 16.5. The van der Waals surface area contributed by atoms with Gasteiger partial charge in [0.15, 0.2) is 0 Å². The molecule has 10 nitrogen and oxygen atoms in total. The van der Waals surface area contributed by atoms with Crippen LogP contribution in [0.15, 0.2) is 67.0 Å². The molecule has 192 valence electrons. The molecule has 0 unspecified atom stereocenters. The van der Waals surface area contributed by atoms with E-state index in [1.165, 1.54) is 7.11 Å². The summed E-state index contributed by atoms with van der Waals surface area (Å²) in [6.07, 6.45) is 3.71. The van der Waals surface area contributed by atoms with Gasteiger partial charge in [0.2, 0.25) is 11.8 Å². The monoisotopic (exact) mass is 502 g/mol. The molecule has 1 N–H and O–H groups in total. The van der Waals surface area contributed by atoms with Crippen LogP contribution in [0.25, 0.3) is 11.0 Å². The fraction of sp³-hybridized carbons (Fsp3) is 0.296. The number of carbonyl (C=O) groups is 2. The van der Waals surface area contributed by atoms with E-state index < -0.39 is 5.54 Å². The number of aromatic nitrogens is 4. The number of para-hydroxylation sites is 1. The van der Waals surface area contributed by atoms with Gasteiger partial charge in [0.25, 0.3) is 0 Å². The van der Waals surface area contributed by atoms with Crippen LogP contribution < -0.4 is 14.8 Å². The minimum absolute atomic E-state index is 0.0739. The van der Waals surface area contributed by atoms with Crippen molar-refractivity contribution in [2.45, 2.75) is 38.9 Å². The number of methoxy groups -OCH3 is 2. The predicted octanol–water partition coefficient (Wildman–Crippen LogP) is 3.68. The van der Waals surface area contributed by atoms with Crippen LogP contribution in [0.5, 0.6) is 11.5 Å². The van der Waals surface area contributed by atoms with Gasteiger partial charge in [0, 0.05) is 25.0 Å². The second-order valence-electron chi connectivity index (χ2n) is 8.72. The molecule has 2 aromatic heterocycles. The van der Waals surface area contributed by atoms with Gasteiger partial charge in [-0.25, -0.2) is 4.68 Å². The summed E-state index contributed by atoms with van der Waals surface area (Å²) in [7, 11) is 3.07. The summed E-state index contributed by atoms with van der Waals surface area (Å²) in [5, 5.41) is 11.3. The summed E-state index contributed by atoms with van der Waals surface area (Å²) in [5.74, 6) is 0.423. The summed E-state index contributed by atoms with van der Waals surface area (Å²) >= 11 is 0. The minimum Gasteiger partial charge on any atom is -0.497 e. The Kier molecular flexibility index (Phi) is 7.66. The molecular weight excluding hydrogens is 472 g/mol. The number of ether oxygens (including phenoxy) is 2. The molecule has 0 spiro atoms. The molecule has 2 amide bonds. The van der Waals surface area contributed by atoms with Gasteiger partial charge in [-0.05, 0) is 49.2 Å². The quantitative estimate of drug-likeness (QED) is 0.352. The zero-order valence-electron chi connectivity index (χ0n) is 21.3. The highest BCUT2D eigenvalue weighted by molar-refractivity contribution is 6.01. The second kappa shape index (κ2) is 11.1. The standard InChI is InChI=1S/C27H30N6O4/c1-5-27(2,26(35)29-22-13-12-20(36-3)15-24(22)37-4)32(17-19-9-8-14-28-16-19)25(34)18-33-23-11-7-6-10-21(23)30-31-33/h6-16H,5,17-18H2,1-4H3,(H,29,35)/t27-/m1/s1. The first-order valence-corrected chi connectivity index (χ1v) is 11.9. The van der Waals surface area contributed by atoms with Crippen LogP contribution in [0, 0.1) is 0 Å². The maximum atomic E-state index is 13.8. The lowest BCUT2D eigenvalue weighted by Crippen LogP contribution is -2.57. The average Bonchev–Trinajstić information content (AvgIpc) is 3.34. The SMILES string of the molecule is CC[C@](C)(C(=O)Nc1ccc(OC)cc1OC)N(Cc1cccnc1)C(=O)Cn1nnc2ccccc21. The third kappa shape index (κ3) is 5.37. The van der Waals surface area contributed by atoms with Gasteiger partial charge < -0.3 is 19.7 Å². The molecule has 0 aliphatic rings. The maximum absolute atomic E-state index is 13.8. The van der Waals surface area contributed by atoms with E-state index in [0.717, 1.165) is 11.1 Å². The van der Waals surface area contributed by atoms with Gasteiger partial charge in [-0.1, -0.05) is 30.3 Å². The Morgan fingerprint density at radius 1 is 1.08 bits per heavy atom. The van der Waals surface area contributed by atoms with Crippen LogP contribution in [0.4, 0.5) is 5.69 Å². The Morgan fingerprint density at radius 2 is 1.89 bits per heavy atom. The van der Waals surface area contributed by atoms with E-state index >= 15 is 0 Å². The summed E-state index contributed by atoms with van der Waals surface area (Å²) < 4.78 is 12.3. The number of hydrogen-bond acceptors (Lipinski definition) is 7. The smallest absolute Gasteiger partial charge is 0.250 e. The molecule has 0 aliphatic heterocycles. The van der Waals surface area contributed by atoms with Crippen LogP contribution in [-0.2, 0) is 22.7 Å². The first-order chi connectivity index (χ1) is 17.9. The molecule has 37 heavy (non-hydrogen) atoms. The van der Waals surface area contributed by atoms with Crippen molar-refractivity contribution < 1.29 is 19.1 Å². The molecule has 10 heteroatoms. The van der Waals surface area contributed by atoms with Gasteiger partial charge in [-0.3, -0.25) is 14.6 Å². The van der Waals surface area contributed by atoms with E-state index in [1.54, 1.807) is 60.3 Å². The Morgan fingerprint density at radius 3 is 2.59 bits per heavy atom. The molecule has 0 saturated heterocycles. The van der Waals surface area contributed by atoms with Crippen molar-refractivity contribution >= 4 is 28.5 Å². The van der Waals surface area contributed by atoms with Crippen LogP contribution in [0.1, 0.15) is 25.8 Å². The Balaban J connectivity index is 1.67. The Hall–Kier alpha value is -4.47. The van der Waals surface area contributed by atoms with Gasteiger partial charge >= 0.3 is 0 Å². The molecule has 0 aliphatic carbocycles. The number of pyridine rings is 1. The maximum Gasteiger partial charge on any atom is 0.250 e. The van der Waals surface area contributed by atoms with E-state index in [1.807, 2.05) is 37.3 Å². The lowest BCUT2D eigenvalue weighted by molar-refractivity contribution is -0.146. The molecule has 0 saturated carbocycles. The number of nitrogens with zero attached hydrogens (tertiary/aromatic N) is 5. The van der Waals surface area contributed by atoms with Gasteiger partial charge in [-0.15, -0.1) is 5.10 Å². The van der Waals surface area contributed by atoms with E-state index in [0.29, 0.717) is 29.1 Å². The molecule has 2 aromatic carbocycles. The molecular formula is C27H30N6O4. The fourth-order valence-electron chi connectivity index (χ4n) is 4.09. The van der Waals surface area contributed by atoms with Crippen LogP contribution in [0.2, 0.25) is 0 Å². The normalized spacial score (nSPS) is 12.5. The number of fused-ring (bicyclic) bond motifs is 1. The van der Waals surface area contributed by atoms with Crippen LogP contribution in [-0.4, -0.2) is 56.5 Å². The van der Waals surface area contributed by atoms with Crippen LogP contribution in [0.3, 0.4) is 0 Å². The number of nitrogens with one attached hydrogen (secondary N) is 1. The van der Waals surface area contributed by atoms with Gasteiger partial charge in [-0.2, -0.15) is 0 Å². The van der Waals surface area contributed by atoms with Gasteiger partial charge in [0.1, 0.15) is 29.1 Å².